The lowest BCUT2D eigenvalue weighted by molar-refractivity contribution is -0.122. The summed E-state index contributed by atoms with van der Waals surface area (Å²) in [5, 5.41) is 20.0. The Morgan fingerprint density at radius 1 is 1.16 bits per heavy atom. The fourth-order valence-electron chi connectivity index (χ4n) is 2.42. The monoisotopic (exact) mass is 354 g/mol. The number of nitrogens with zero attached hydrogens (tertiary/aromatic N) is 2. The molecule has 0 saturated carbocycles. The van der Waals surface area contributed by atoms with E-state index < -0.39 is 0 Å². The summed E-state index contributed by atoms with van der Waals surface area (Å²) >= 11 is 1.28. The van der Waals surface area contributed by atoms with Crippen LogP contribution >= 0.6 is 11.8 Å². The number of benzene rings is 2. The van der Waals surface area contributed by atoms with Crippen molar-refractivity contribution in [1.29, 1.82) is 0 Å². The van der Waals surface area contributed by atoms with E-state index in [1.165, 1.54) is 23.9 Å². The number of carbonyl (C=O) groups is 1. The third-order valence-corrected chi connectivity index (χ3v) is 4.62. The lowest BCUT2D eigenvalue weighted by atomic mass is 10.1. The molecule has 1 saturated heterocycles. The van der Waals surface area contributed by atoms with E-state index >= 15 is 0 Å². The molecule has 128 valence electrons. The van der Waals surface area contributed by atoms with Gasteiger partial charge in [-0.05, 0) is 48.5 Å². The Hall–Kier alpha value is -2.73. The minimum Gasteiger partial charge on any atom is -0.508 e. The van der Waals surface area contributed by atoms with E-state index in [0.717, 1.165) is 12.1 Å². The van der Waals surface area contributed by atoms with Gasteiger partial charge in [-0.25, -0.2) is 4.99 Å². The number of para-hydroxylation sites is 1. The second-order valence-electron chi connectivity index (χ2n) is 5.54. The van der Waals surface area contributed by atoms with E-state index in [4.69, 9.17) is 0 Å². The van der Waals surface area contributed by atoms with E-state index in [1.54, 1.807) is 17.0 Å². The standard InChI is InChI=1S/C19H18N2O3S/c1-2-10-21-18(24)17(11-13-8-9-15(22)12-16(13)23)25-19(21)20-14-6-4-3-5-7-14/h3-9,11-12,22-23H,2,10H2,1H3/b17-11+,20-19?. The number of hydrogen-bond acceptors (Lipinski definition) is 5. The molecular weight excluding hydrogens is 336 g/mol. The maximum Gasteiger partial charge on any atom is 0.266 e. The Kier molecular flexibility index (Phi) is 5.09. The molecule has 0 atom stereocenters. The van der Waals surface area contributed by atoms with Crippen LogP contribution in [0, 0.1) is 0 Å². The second-order valence-corrected chi connectivity index (χ2v) is 6.55. The zero-order valence-corrected chi connectivity index (χ0v) is 14.5. The van der Waals surface area contributed by atoms with Crippen molar-refractivity contribution in [1.82, 2.24) is 4.90 Å². The molecule has 0 aliphatic carbocycles. The number of phenolic OH excluding ortho intramolecular Hbond substituents is 2. The Morgan fingerprint density at radius 3 is 2.60 bits per heavy atom. The third kappa shape index (κ3) is 3.85. The smallest absolute Gasteiger partial charge is 0.266 e. The fourth-order valence-corrected chi connectivity index (χ4v) is 3.44. The van der Waals surface area contributed by atoms with Gasteiger partial charge in [0.15, 0.2) is 5.17 Å². The van der Waals surface area contributed by atoms with E-state index in [9.17, 15) is 15.0 Å². The molecule has 5 nitrogen and oxygen atoms in total. The van der Waals surface area contributed by atoms with Crippen molar-refractivity contribution in [2.45, 2.75) is 13.3 Å². The molecule has 1 amide bonds. The SMILES string of the molecule is CCCN1C(=O)/C(=C\c2ccc(O)cc2O)SC1=Nc1ccccc1. The third-order valence-electron chi connectivity index (χ3n) is 3.62. The first-order chi connectivity index (χ1) is 12.1. The van der Waals surface area contributed by atoms with Gasteiger partial charge in [-0.15, -0.1) is 0 Å². The van der Waals surface area contributed by atoms with Crippen LogP contribution in [-0.4, -0.2) is 32.7 Å². The number of thioether (sulfide) groups is 1. The van der Waals surface area contributed by atoms with Gasteiger partial charge in [0.05, 0.1) is 10.6 Å². The molecule has 1 fully saturated rings. The Labute approximate surface area is 150 Å². The van der Waals surface area contributed by atoms with Crippen molar-refractivity contribution in [2.24, 2.45) is 4.99 Å². The molecule has 2 N–H and O–H groups in total. The van der Waals surface area contributed by atoms with Gasteiger partial charge in [-0.3, -0.25) is 9.69 Å². The molecule has 0 spiro atoms. The van der Waals surface area contributed by atoms with Gasteiger partial charge in [0.1, 0.15) is 11.5 Å². The zero-order valence-electron chi connectivity index (χ0n) is 13.7. The van der Waals surface area contributed by atoms with Crippen LogP contribution in [0.3, 0.4) is 0 Å². The number of aromatic hydroxyl groups is 2. The molecule has 25 heavy (non-hydrogen) atoms. The number of phenols is 2. The van der Waals surface area contributed by atoms with Crippen LogP contribution in [-0.2, 0) is 4.79 Å². The molecule has 3 rings (SSSR count). The Balaban J connectivity index is 1.96. The summed E-state index contributed by atoms with van der Waals surface area (Å²) in [5.41, 5.74) is 1.26. The van der Waals surface area contributed by atoms with Crippen molar-refractivity contribution in [3.05, 3.63) is 59.0 Å². The quantitative estimate of drug-likeness (QED) is 0.811. The molecule has 1 aliphatic heterocycles. The number of rotatable bonds is 4. The van der Waals surface area contributed by atoms with Gasteiger partial charge in [-0.2, -0.15) is 0 Å². The molecule has 6 heteroatoms. The molecule has 2 aromatic rings. The first-order valence-corrected chi connectivity index (χ1v) is 8.77. The maximum atomic E-state index is 12.7. The van der Waals surface area contributed by atoms with E-state index in [2.05, 4.69) is 4.99 Å². The van der Waals surface area contributed by atoms with Crippen molar-refractivity contribution in [3.63, 3.8) is 0 Å². The predicted molar refractivity (Wildman–Crippen MR) is 101 cm³/mol. The van der Waals surface area contributed by atoms with Gasteiger partial charge >= 0.3 is 0 Å². The van der Waals surface area contributed by atoms with E-state index in [-0.39, 0.29) is 17.4 Å². The van der Waals surface area contributed by atoms with Crippen LogP contribution in [0.5, 0.6) is 11.5 Å². The highest BCUT2D eigenvalue weighted by atomic mass is 32.2. The molecule has 1 heterocycles. The maximum absolute atomic E-state index is 12.7. The number of hydrogen-bond donors (Lipinski definition) is 2. The zero-order chi connectivity index (χ0) is 17.8. The molecule has 1 aliphatic rings. The normalized spacial score (nSPS) is 17.6. The van der Waals surface area contributed by atoms with Crippen molar-refractivity contribution in [3.8, 4) is 11.5 Å². The number of amides is 1. The molecule has 0 bridgehead atoms. The van der Waals surface area contributed by atoms with Gasteiger partial charge in [-0.1, -0.05) is 25.1 Å². The summed E-state index contributed by atoms with van der Waals surface area (Å²) in [4.78, 5) is 19.4. The summed E-state index contributed by atoms with van der Waals surface area (Å²) < 4.78 is 0. The Bertz CT molecular complexity index is 847. The van der Waals surface area contributed by atoms with Crippen LogP contribution in [0.2, 0.25) is 0 Å². The number of amidine groups is 1. The average molecular weight is 354 g/mol. The highest BCUT2D eigenvalue weighted by Crippen LogP contribution is 2.36. The average Bonchev–Trinajstić information content (AvgIpc) is 2.87. The van der Waals surface area contributed by atoms with E-state index in [1.807, 2.05) is 37.3 Å². The number of carbonyl (C=O) groups excluding carboxylic acids is 1. The lowest BCUT2D eigenvalue weighted by Crippen LogP contribution is -2.29. The highest BCUT2D eigenvalue weighted by Gasteiger charge is 2.32. The van der Waals surface area contributed by atoms with Crippen molar-refractivity contribution >= 4 is 34.6 Å². The molecule has 0 radical (unpaired) electrons. The summed E-state index contributed by atoms with van der Waals surface area (Å²) in [5.74, 6) is -0.227. The minimum atomic E-state index is -0.131. The first kappa shape index (κ1) is 17.1. The van der Waals surface area contributed by atoms with Gasteiger partial charge in [0.25, 0.3) is 5.91 Å². The van der Waals surface area contributed by atoms with Crippen LogP contribution < -0.4 is 0 Å². The summed E-state index contributed by atoms with van der Waals surface area (Å²) in [7, 11) is 0. The molecular formula is C19H18N2O3S. The van der Waals surface area contributed by atoms with Crippen LogP contribution in [0.1, 0.15) is 18.9 Å². The first-order valence-electron chi connectivity index (χ1n) is 7.95. The summed E-state index contributed by atoms with van der Waals surface area (Å²) in [6, 6.07) is 13.8. The van der Waals surface area contributed by atoms with Crippen LogP contribution in [0.4, 0.5) is 5.69 Å². The largest absolute Gasteiger partial charge is 0.508 e. The Morgan fingerprint density at radius 2 is 1.92 bits per heavy atom. The van der Waals surface area contributed by atoms with Crippen molar-refractivity contribution < 1.29 is 15.0 Å². The summed E-state index contributed by atoms with van der Waals surface area (Å²) in [6.07, 6.45) is 2.44. The molecule has 2 aromatic carbocycles. The van der Waals surface area contributed by atoms with Crippen LogP contribution in [0.15, 0.2) is 58.4 Å². The second kappa shape index (κ2) is 7.44. The fraction of sp³-hybridized carbons (Fsp3) is 0.158. The topological polar surface area (TPSA) is 73.1 Å². The minimum absolute atomic E-state index is 0.0241. The van der Waals surface area contributed by atoms with Crippen molar-refractivity contribution in [2.75, 3.05) is 6.54 Å². The van der Waals surface area contributed by atoms with E-state index in [0.29, 0.717) is 22.2 Å². The number of aliphatic imine (C=N–C) groups is 1. The van der Waals surface area contributed by atoms with Crippen LogP contribution in [0.25, 0.3) is 6.08 Å². The van der Waals surface area contributed by atoms with Gasteiger partial charge in [0.2, 0.25) is 0 Å². The molecule has 0 aromatic heterocycles. The molecule has 0 unspecified atom stereocenters. The van der Waals surface area contributed by atoms with Gasteiger partial charge < -0.3 is 10.2 Å². The lowest BCUT2D eigenvalue weighted by Gasteiger charge is -2.13. The summed E-state index contributed by atoms with van der Waals surface area (Å²) in [6.45, 7) is 2.59. The van der Waals surface area contributed by atoms with Gasteiger partial charge in [0, 0.05) is 18.2 Å². The highest BCUT2D eigenvalue weighted by molar-refractivity contribution is 8.18. The predicted octanol–water partition coefficient (Wildman–Crippen LogP) is 4.11.